The van der Waals surface area contributed by atoms with E-state index in [0.29, 0.717) is 23.6 Å². The Balaban J connectivity index is 1.78. The van der Waals surface area contributed by atoms with Gasteiger partial charge in [0, 0.05) is 29.0 Å². The minimum atomic E-state index is -1.24. The first-order chi connectivity index (χ1) is 11.4. The number of nitrogens with zero attached hydrogens (tertiary/aromatic N) is 1. The van der Waals surface area contributed by atoms with Crippen LogP contribution < -0.4 is 10.6 Å². The maximum atomic E-state index is 11.9. The molecule has 0 saturated carbocycles. The van der Waals surface area contributed by atoms with Gasteiger partial charge in [0.25, 0.3) is 0 Å². The second-order valence-electron chi connectivity index (χ2n) is 5.92. The minimum Gasteiger partial charge on any atom is -0.384 e. The van der Waals surface area contributed by atoms with Gasteiger partial charge in [-0.3, -0.25) is 4.98 Å². The van der Waals surface area contributed by atoms with Crippen LogP contribution >= 0.6 is 11.6 Å². The van der Waals surface area contributed by atoms with Gasteiger partial charge >= 0.3 is 6.03 Å². The van der Waals surface area contributed by atoms with E-state index in [-0.39, 0.29) is 12.6 Å². The minimum absolute atomic E-state index is 0.0641. The van der Waals surface area contributed by atoms with Crippen LogP contribution in [0, 0.1) is 6.92 Å². The Bertz CT molecular complexity index is 687. The van der Waals surface area contributed by atoms with Gasteiger partial charge in [-0.2, -0.15) is 0 Å². The van der Waals surface area contributed by atoms with Crippen LogP contribution in [0.1, 0.15) is 23.7 Å². The summed E-state index contributed by atoms with van der Waals surface area (Å²) in [6.07, 6.45) is 2.50. The molecule has 3 N–H and O–H groups in total. The zero-order chi connectivity index (χ0) is 17.6. The van der Waals surface area contributed by atoms with Crippen LogP contribution in [0.3, 0.4) is 0 Å². The van der Waals surface area contributed by atoms with E-state index in [1.807, 2.05) is 19.1 Å². The van der Waals surface area contributed by atoms with Crippen molar-refractivity contribution < 1.29 is 9.90 Å². The van der Waals surface area contributed by atoms with Gasteiger partial charge in [0.2, 0.25) is 0 Å². The first kappa shape index (κ1) is 18.2. The van der Waals surface area contributed by atoms with Crippen LogP contribution in [0.4, 0.5) is 4.79 Å². The van der Waals surface area contributed by atoms with E-state index in [1.165, 1.54) is 0 Å². The molecule has 0 saturated heterocycles. The number of halogens is 1. The SMILES string of the molecule is Cc1ccc(CCNC(=O)NC[C@@](C)(O)c2ccccc2Cl)cn1. The number of aromatic nitrogens is 1. The highest BCUT2D eigenvalue weighted by Gasteiger charge is 2.25. The molecule has 128 valence electrons. The number of carbonyl (C=O) groups excluding carboxylic acids is 1. The average molecular weight is 348 g/mol. The van der Waals surface area contributed by atoms with Crippen molar-refractivity contribution in [3.63, 3.8) is 0 Å². The lowest BCUT2D eigenvalue weighted by Gasteiger charge is -2.25. The van der Waals surface area contributed by atoms with Crippen molar-refractivity contribution in [2.24, 2.45) is 0 Å². The van der Waals surface area contributed by atoms with Gasteiger partial charge in [-0.1, -0.05) is 35.9 Å². The lowest BCUT2D eigenvalue weighted by molar-refractivity contribution is 0.0595. The molecule has 0 bridgehead atoms. The molecule has 1 aromatic carbocycles. The molecule has 0 fully saturated rings. The number of hydrogen-bond donors (Lipinski definition) is 3. The molecule has 2 rings (SSSR count). The van der Waals surface area contributed by atoms with E-state index in [0.717, 1.165) is 11.3 Å². The molecular weight excluding hydrogens is 326 g/mol. The van der Waals surface area contributed by atoms with E-state index in [1.54, 1.807) is 37.4 Å². The molecule has 2 amide bonds. The molecule has 0 spiro atoms. The van der Waals surface area contributed by atoms with Gasteiger partial charge in [0.15, 0.2) is 0 Å². The molecule has 24 heavy (non-hydrogen) atoms. The van der Waals surface area contributed by atoms with Crippen molar-refractivity contribution in [2.45, 2.75) is 25.9 Å². The number of nitrogens with one attached hydrogen (secondary N) is 2. The fourth-order valence-electron chi connectivity index (χ4n) is 2.27. The summed E-state index contributed by atoms with van der Waals surface area (Å²) in [6.45, 7) is 4.10. The standard InChI is InChI=1S/C18H22ClN3O2/c1-13-7-8-14(11-21-13)9-10-20-17(23)22-12-18(2,24)15-5-3-4-6-16(15)19/h3-8,11,24H,9-10,12H2,1-2H3,(H2,20,22,23)/t18-/m1/s1. The van der Waals surface area contributed by atoms with Crippen molar-refractivity contribution in [2.75, 3.05) is 13.1 Å². The molecule has 5 nitrogen and oxygen atoms in total. The topological polar surface area (TPSA) is 74.2 Å². The number of rotatable bonds is 6. The summed E-state index contributed by atoms with van der Waals surface area (Å²) >= 11 is 6.09. The van der Waals surface area contributed by atoms with Gasteiger partial charge in [-0.15, -0.1) is 0 Å². The summed E-state index contributed by atoms with van der Waals surface area (Å²) in [7, 11) is 0. The fraction of sp³-hybridized carbons (Fsp3) is 0.333. The van der Waals surface area contributed by atoms with E-state index in [4.69, 9.17) is 11.6 Å². The van der Waals surface area contributed by atoms with E-state index < -0.39 is 5.60 Å². The number of aryl methyl sites for hydroxylation is 1. The number of benzene rings is 1. The molecule has 1 aromatic heterocycles. The second-order valence-corrected chi connectivity index (χ2v) is 6.33. The predicted octanol–water partition coefficient (Wildman–Crippen LogP) is 2.79. The van der Waals surface area contributed by atoms with Gasteiger partial charge < -0.3 is 15.7 Å². The van der Waals surface area contributed by atoms with Crippen molar-refractivity contribution in [3.05, 3.63) is 64.4 Å². The molecule has 1 heterocycles. The number of urea groups is 1. The number of amides is 2. The quantitative estimate of drug-likeness (QED) is 0.752. The second kappa shape index (κ2) is 8.13. The van der Waals surface area contributed by atoms with Gasteiger partial charge in [0.1, 0.15) is 5.60 Å². The summed E-state index contributed by atoms with van der Waals surface area (Å²) in [4.78, 5) is 16.1. The van der Waals surface area contributed by atoms with Crippen molar-refractivity contribution in [1.82, 2.24) is 15.6 Å². The summed E-state index contributed by atoms with van der Waals surface area (Å²) in [5, 5.41) is 16.4. The maximum absolute atomic E-state index is 11.9. The molecule has 6 heteroatoms. The molecule has 0 unspecified atom stereocenters. The van der Waals surface area contributed by atoms with Crippen LogP contribution in [-0.2, 0) is 12.0 Å². The highest BCUT2D eigenvalue weighted by molar-refractivity contribution is 6.31. The predicted molar refractivity (Wildman–Crippen MR) is 95.1 cm³/mol. The molecular formula is C18H22ClN3O2. The number of hydrogen-bond acceptors (Lipinski definition) is 3. The Morgan fingerprint density at radius 2 is 2.00 bits per heavy atom. The van der Waals surface area contributed by atoms with E-state index in [2.05, 4.69) is 15.6 Å². The lowest BCUT2D eigenvalue weighted by atomic mass is 9.96. The molecule has 2 aromatic rings. The average Bonchev–Trinajstić information content (AvgIpc) is 2.55. The summed E-state index contributed by atoms with van der Waals surface area (Å²) in [5.41, 5.74) is 1.37. The third kappa shape index (κ3) is 5.22. The lowest BCUT2D eigenvalue weighted by Crippen LogP contribution is -2.44. The zero-order valence-electron chi connectivity index (χ0n) is 13.8. The first-order valence-electron chi connectivity index (χ1n) is 7.79. The highest BCUT2D eigenvalue weighted by Crippen LogP contribution is 2.27. The molecule has 0 aliphatic rings. The smallest absolute Gasteiger partial charge is 0.314 e. The highest BCUT2D eigenvalue weighted by atomic mass is 35.5. The third-order valence-corrected chi connectivity index (χ3v) is 4.05. The first-order valence-corrected chi connectivity index (χ1v) is 8.17. The molecule has 0 aliphatic carbocycles. The maximum Gasteiger partial charge on any atom is 0.314 e. The van der Waals surface area contributed by atoms with Crippen LogP contribution in [-0.4, -0.2) is 29.2 Å². The third-order valence-electron chi connectivity index (χ3n) is 3.72. The largest absolute Gasteiger partial charge is 0.384 e. The van der Waals surface area contributed by atoms with Crippen molar-refractivity contribution >= 4 is 17.6 Å². The van der Waals surface area contributed by atoms with Crippen molar-refractivity contribution in [3.8, 4) is 0 Å². The van der Waals surface area contributed by atoms with Gasteiger partial charge in [0.05, 0.1) is 6.54 Å². The Morgan fingerprint density at radius 1 is 1.25 bits per heavy atom. The van der Waals surface area contributed by atoms with Crippen molar-refractivity contribution in [1.29, 1.82) is 0 Å². The Kier molecular flexibility index (Phi) is 6.17. The Morgan fingerprint density at radius 3 is 2.67 bits per heavy atom. The normalized spacial score (nSPS) is 13.2. The number of carbonyl (C=O) groups is 1. The molecule has 1 atom stereocenters. The van der Waals surface area contributed by atoms with Crippen LogP contribution in [0.2, 0.25) is 5.02 Å². The van der Waals surface area contributed by atoms with Gasteiger partial charge in [-0.25, -0.2) is 4.79 Å². The van der Waals surface area contributed by atoms with E-state index in [9.17, 15) is 9.90 Å². The Labute approximate surface area is 147 Å². The monoisotopic (exact) mass is 347 g/mol. The summed E-state index contributed by atoms with van der Waals surface area (Å²) in [6, 6.07) is 10.6. The van der Waals surface area contributed by atoms with E-state index >= 15 is 0 Å². The van der Waals surface area contributed by atoms with Crippen LogP contribution in [0.5, 0.6) is 0 Å². The zero-order valence-corrected chi connectivity index (χ0v) is 14.6. The summed E-state index contributed by atoms with van der Waals surface area (Å²) in [5.74, 6) is 0. The van der Waals surface area contributed by atoms with Gasteiger partial charge in [-0.05, 0) is 38.0 Å². The fourth-order valence-corrected chi connectivity index (χ4v) is 2.61. The molecule has 0 aliphatic heterocycles. The number of aliphatic hydroxyl groups is 1. The molecule has 0 radical (unpaired) electrons. The Hall–Kier alpha value is -2.11. The van der Waals surface area contributed by atoms with Crippen LogP contribution in [0.15, 0.2) is 42.6 Å². The summed E-state index contributed by atoms with van der Waals surface area (Å²) < 4.78 is 0. The van der Waals surface area contributed by atoms with Crippen LogP contribution in [0.25, 0.3) is 0 Å². The number of pyridine rings is 1.